The lowest BCUT2D eigenvalue weighted by Crippen LogP contribution is -2.23. The van der Waals surface area contributed by atoms with Crippen LogP contribution in [0.3, 0.4) is 0 Å². The fraction of sp³-hybridized carbons (Fsp3) is 0.200. The molecule has 5 nitrogen and oxygen atoms in total. The molecule has 0 aliphatic carbocycles. The number of pyridine rings is 1. The lowest BCUT2D eigenvalue weighted by molar-refractivity contribution is 0.318. The van der Waals surface area contributed by atoms with Crippen LogP contribution in [-0.2, 0) is 6.54 Å². The van der Waals surface area contributed by atoms with E-state index >= 15 is 0 Å². The molecule has 0 saturated carbocycles. The largest absolute Gasteiger partial charge is 0.409 e. The van der Waals surface area contributed by atoms with Gasteiger partial charge in [0.2, 0.25) is 0 Å². The highest BCUT2D eigenvalue weighted by Crippen LogP contribution is 2.29. The highest BCUT2D eigenvalue weighted by molar-refractivity contribution is 7.98. The molecule has 1 aromatic heterocycles. The van der Waals surface area contributed by atoms with Crippen LogP contribution in [0.2, 0.25) is 0 Å². The smallest absolute Gasteiger partial charge is 0.173 e. The molecule has 0 atom stereocenters. The Morgan fingerprint density at radius 2 is 2.14 bits per heavy atom. The number of nitrogens with two attached hydrogens (primary N) is 1. The summed E-state index contributed by atoms with van der Waals surface area (Å²) in [6.07, 6.45) is 3.73. The Labute approximate surface area is 128 Å². The van der Waals surface area contributed by atoms with Crippen molar-refractivity contribution in [1.29, 1.82) is 0 Å². The number of benzene rings is 1. The standard InChI is InChI=1S/C15H18N4OS/c1-19(10-11-6-3-4-9-17-11)12-7-5-8-13(21-2)14(12)15(16)18-20/h3-9,20H,10H2,1-2H3,(H2,16,18). The molecule has 2 rings (SSSR count). The average molecular weight is 302 g/mol. The molecule has 0 unspecified atom stereocenters. The molecule has 0 spiro atoms. The number of hydrogen-bond donors (Lipinski definition) is 2. The fourth-order valence-electron chi connectivity index (χ4n) is 2.14. The summed E-state index contributed by atoms with van der Waals surface area (Å²) in [6, 6.07) is 11.7. The van der Waals surface area contributed by atoms with Gasteiger partial charge in [-0.2, -0.15) is 0 Å². The van der Waals surface area contributed by atoms with Gasteiger partial charge in [0.15, 0.2) is 5.84 Å². The van der Waals surface area contributed by atoms with Crippen molar-refractivity contribution in [1.82, 2.24) is 4.98 Å². The molecule has 2 aromatic rings. The van der Waals surface area contributed by atoms with Crippen LogP contribution in [-0.4, -0.2) is 29.3 Å². The first-order valence-corrected chi connectivity index (χ1v) is 7.65. The first-order chi connectivity index (χ1) is 10.2. The van der Waals surface area contributed by atoms with Gasteiger partial charge < -0.3 is 15.8 Å². The minimum absolute atomic E-state index is 0.114. The van der Waals surface area contributed by atoms with E-state index in [2.05, 4.69) is 10.1 Å². The quantitative estimate of drug-likeness (QED) is 0.292. The number of aromatic nitrogens is 1. The van der Waals surface area contributed by atoms with Crippen molar-refractivity contribution < 1.29 is 5.21 Å². The van der Waals surface area contributed by atoms with E-state index in [1.54, 1.807) is 18.0 Å². The predicted octanol–water partition coefficient (Wildman–Crippen LogP) is 2.53. The maximum Gasteiger partial charge on any atom is 0.173 e. The Bertz CT molecular complexity index is 631. The van der Waals surface area contributed by atoms with Crippen LogP contribution in [0, 0.1) is 0 Å². The molecular weight excluding hydrogens is 284 g/mol. The van der Waals surface area contributed by atoms with E-state index in [9.17, 15) is 0 Å². The number of hydrogen-bond acceptors (Lipinski definition) is 5. The molecule has 0 amide bonds. The molecule has 21 heavy (non-hydrogen) atoms. The number of rotatable bonds is 5. The highest BCUT2D eigenvalue weighted by Gasteiger charge is 2.15. The average Bonchev–Trinajstić information content (AvgIpc) is 2.54. The van der Waals surface area contributed by atoms with E-state index in [1.807, 2.05) is 54.6 Å². The van der Waals surface area contributed by atoms with Gasteiger partial charge in [-0.15, -0.1) is 11.8 Å². The molecular formula is C15H18N4OS. The molecule has 0 aliphatic heterocycles. The summed E-state index contributed by atoms with van der Waals surface area (Å²) in [4.78, 5) is 7.33. The molecule has 110 valence electrons. The lowest BCUT2D eigenvalue weighted by Gasteiger charge is -2.23. The second-order valence-electron chi connectivity index (χ2n) is 4.52. The Morgan fingerprint density at radius 1 is 1.33 bits per heavy atom. The summed E-state index contributed by atoms with van der Waals surface area (Å²) < 4.78 is 0. The minimum atomic E-state index is 0.114. The maximum absolute atomic E-state index is 9.03. The number of thioether (sulfide) groups is 1. The molecule has 3 N–H and O–H groups in total. The van der Waals surface area contributed by atoms with Crippen molar-refractivity contribution in [3.8, 4) is 0 Å². The summed E-state index contributed by atoms with van der Waals surface area (Å²) >= 11 is 1.56. The van der Waals surface area contributed by atoms with Crippen LogP contribution in [0.1, 0.15) is 11.3 Å². The first-order valence-electron chi connectivity index (χ1n) is 6.43. The van der Waals surface area contributed by atoms with Gasteiger partial charge in [0.1, 0.15) is 0 Å². The van der Waals surface area contributed by atoms with Gasteiger partial charge in [-0.05, 0) is 30.5 Å². The predicted molar refractivity (Wildman–Crippen MR) is 87.1 cm³/mol. The molecule has 0 saturated heterocycles. The molecule has 0 radical (unpaired) electrons. The van der Waals surface area contributed by atoms with Crippen LogP contribution in [0.15, 0.2) is 52.6 Å². The van der Waals surface area contributed by atoms with Crippen molar-refractivity contribution in [2.24, 2.45) is 10.9 Å². The Kier molecular flexibility index (Phi) is 5.05. The number of amidine groups is 1. The zero-order valence-electron chi connectivity index (χ0n) is 12.0. The third-order valence-corrected chi connectivity index (χ3v) is 3.90. The van der Waals surface area contributed by atoms with Gasteiger partial charge in [0, 0.05) is 23.8 Å². The Hall–Kier alpha value is -2.21. The Morgan fingerprint density at radius 3 is 2.76 bits per heavy atom. The summed E-state index contributed by atoms with van der Waals surface area (Å²) in [5, 5.41) is 12.2. The van der Waals surface area contributed by atoms with Crippen LogP contribution < -0.4 is 10.6 Å². The molecule has 1 heterocycles. The van der Waals surface area contributed by atoms with Gasteiger partial charge in [0.05, 0.1) is 17.8 Å². The number of nitrogens with zero attached hydrogens (tertiary/aromatic N) is 3. The topological polar surface area (TPSA) is 74.7 Å². The van der Waals surface area contributed by atoms with Crippen LogP contribution in [0.5, 0.6) is 0 Å². The monoisotopic (exact) mass is 302 g/mol. The van der Waals surface area contributed by atoms with E-state index in [1.165, 1.54) is 0 Å². The van der Waals surface area contributed by atoms with Gasteiger partial charge >= 0.3 is 0 Å². The highest BCUT2D eigenvalue weighted by atomic mass is 32.2. The number of oxime groups is 1. The molecule has 0 fully saturated rings. The van der Waals surface area contributed by atoms with E-state index < -0.39 is 0 Å². The van der Waals surface area contributed by atoms with E-state index in [4.69, 9.17) is 10.9 Å². The summed E-state index contributed by atoms with van der Waals surface area (Å²) in [6.45, 7) is 0.643. The van der Waals surface area contributed by atoms with Crippen molar-refractivity contribution >= 4 is 23.3 Å². The second kappa shape index (κ2) is 6.99. The van der Waals surface area contributed by atoms with Crippen LogP contribution in [0.25, 0.3) is 0 Å². The summed E-state index contributed by atoms with van der Waals surface area (Å²) in [7, 11) is 1.96. The zero-order valence-corrected chi connectivity index (χ0v) is 12.8. The lowest BCUT2D eigenvalue weighted by atomic mass is 10.1. The molecule has 1 aromatic carbocycles. The van der Waals surface area contributed by atoms with Crippen molar-refractivity contribution in [3.63, 3.8) is 0 Å². The van der Waals surface area contributed by atoms with Gasteiger partial charge in [-0.1, -0.05) is 17.3 Å². The third kappa shape index (κ3) is 3.46. The van der Waals surface area contributed by atoms with Crippen molar-refractivity contribution in [2.75, 3.05) is 18.2 Å². The maximum atomic E-state index is 9.03. The summed E-state index contributed by atoms with van der Waals surface area (Å²) in [5.41, 5.74) is 8.45. The third-order valence-electron chi connectivity index (χ3n) is 3.12. The second-order valence-corrected chi connectivity index (χ2v) is 5.36. The number of anilines is 1. The molecule has 0 bridgehead atoms. The molecule has 0 aliphatic rings. The summed E-state index contributed by atoms with van der Waals surface area (Å²) in [5.74, 6) is 0.114. The fourth-order valence-corrected chi connectivity index (χ4v) is 2.76. The van der Waals surface area contributed by atoms with E-state index in [0.717, 1.165) is 21.8 Å². The minimum Gasteiger partial charge on any atom is -0.409 e. The SMILES string of the molecule is CSc1cccc(N(C)Cc2ccccn2)c1/C(N)=N/O. The first kappa shape index (κ1) is 15.2. The molecule has 6 heteroatoms. The van der Waals surface area contributed by atoms with Crippen LogP contribution >= 0.6 is 11.8 Å². The van der Waals surface area contributed by atoms with E-state index in [0.29, 0.717) is 6.54 Å². The van der Waals surface area contributed by atoms with Crippen LogP contribution in [0.4, 0.5) is 5.69 Å². The van der Waals surface area contributed by atoms with Gasteiger partial charge in [-0.25, -0.2) is 0 Å². The van der Waals surface area contributed by atoms with Gasteiger partial charge in [-0.3, -0.25) is 4.98 Å². The Balaban J connectivity index is 2.38. The van der Waals surface area contributed by atoms with Gasteiger partial charge in [0.25, 0.3) is 0 Å². The van der Waals surface area contributed by atoms with Crippen molar-refractivity contribution in [2.45, 2.75) is 11.4 Å². The van der Waals surface area contributed by atoms with E-state index in [-0.39, 0.29) is 5.84 Å². The van der Waals surface area contributed by atoms with Crippen molar-refractivity contribution in [3.05, 3.63) is 53.9 Å². The zero-order chi connectivity index (χ0) is 15.2. The normalized spacial score (nSPS) is 11.4.